The fourth-order valence-corrected chi connectivity index (χ4v) is 4.35. The highest BCUT2D eigenvalue weighted by Gasteiger charge is 2.13. The summed E-state index contributed by atoms with van der Waals surface area (Å²) in [5.74, 6) is 0.629. The first kappa shape index (κ1) is 33.9. The number of hydrogen-bond donors (Lipinski definition) is 0. The molecule has 0 saturated carbocycles. The van der Waals surface area contributed by atoms with Crippen LogP contribution in [0.2, 0.25) is 0 Å². The fourth-order valence-electron chi connectivity index (χ4n) is 4.35. The molecule has 0 aromatic heterocycles. The summed E-state index contributed by atoms with van der Waals surface area (Å²) in [4.78, 5) is 24.1. The molecule has 208 valence electrons. The van der Waals surface area contributed by atoms with Gasteiger partial charge in [0.1, 0.15) is 0 Å². The lowest BCUT2D eigenvalue weighted by atomic mass is 9.95. The lowest BCUT2D eigenvalue weighted by molar-refractivity contribution is -0.145. The molecule has 6 heteroatoms. The summed E-state index contributed by atoms with van der Waals surface area (Å²) in [6.07, 6.45) is 17.1. The molecule has 0 radical (unpaired) electrons. The quantitative estimate of drug-likeness (QED) is 0.0918. The Kier molecular flexibility index (Phi) is 25.1. The third-order valence-corrected chi connectivity index (χ3v) is 6.73. The Hall–Kier alpha value is -1.14. The molecule has 0 aliphatic heterocycles. The Morgan fingerprint density at radius 1 is 0.514 bits per heavy atom. The lowest BCUT2D eigenvalue weighted by Crippen LogP contribution is -2.13. The van der Waals surface area contributed by atoms with Gasteiger partial charge in [-0.05, 0) is 43.9 Å². The van der Waals surface area contributed by atoms with Gasteiger partial charge in [0, 0.05) is 40.3 Å². The van der Waals surface area contributed by atoms with Gasteiger partial charge in [-0.1, -0.05) is 78.1 Å². The number of carbonyl (C=O) groups is 2. The van der Waals surface area contributed by atoms with Crippen LogP contribution in [0, 0.1) is 11.8 Å². The summed E-state index contributed by atoms with van der Waals surface area (Å²) in [5, 5.41) is 0. The van der Waals surface area contributed by atoms with Crippen LogP contribution in [-0.2, 0) is 28.5 Å². The second-order valence-electron chi connectivity index (χ2n) is 9.87. The molecule has 6 nitrogen and oxygen atoms in total. The van der Waals surface area contributed by atoms with Gasteiger partial charge in [0.05, 0.1) is 13.2 Å². The zero-order valence-corrected chi connectivity index (χ0v) is 23.5. The van der Waals surface area contributed by atoms with E-state index in [9.17, 15) is 9.59 Å². The average molecular weight is 501 g/mol. The standard InChI is InChI=1S/C29H56O6/c1-5-7-9-11-14-26(18-22-32-3)20-24-34-28(30)16-13-17-29(31)35-25-21-27(19-23-33-4)15-12-10-8-6-2/h26-27H,5-25H2,1-4H3. The van der Waals surface area contributed by atoms with Crippen molar-refractivity contribution in [1.82, 2.24) is 0 Å². The Labute approximate surface area is 216 Å². The zero-order chi connectivity index (χ0) is 26.0. The number of hydrogen-bond acceptors (Lipinski definition) is 6. The van der Waals surface area contributed by atoms with Gasteiger partial charge in [0.15, 0.2) is 0 Å². The molecular formula is C29H56O6. The van der Waals surface area contributed by atoms with E-state index in [0.29, 0.717) is 31.5 Å². The normalized spacial score (nSPS) is 12.9. The van der Waals surface area contributed by atoms with Gasteiger partial charge in [0.2, 0.25) is 0 Å². The van der Waals surface area contributed by atoms with Gasteiger partial charge in [-0.15, -0.1) is 0 Å². The van der Waals surface area contributed by atoms with Crippen molar-refractivity contribution in [3.63, 3.8) is 0 Å². The van der Waals surface area contributed by atoms with E-state index in [2.05, 4.69) is 13.8 Å². The number of unbranched alkanes of at least 4 members (excludes halogenated alkanes) is 6. The van der Waals surface area contributed by atoms with E-state index < -0.39 is 0 Å². The minimum absolute atomic E-state index is 0.221. The average Bonchev–Trinajstić information content (AvgIpc) is 2.85. The Morgan fingerprint density at radius 2 is 0.914 bits per heavy atom. The van der Waals surface area contributed by atoms with E-state index in [1.807, 2.05) is 0 Å². The number of methoxy groups -OCH3 is 2. The highest BCUT2D eigenvalue weighted by atomic mass is 16.5. The molecule has 35 heavy (non-hydrogen) atoms. The fraction of sp³-hybridized carbons (Fsp3) is 0.931. The van der Waals surface area contributed by atoms with Crippen molar-refractivity contribution >= 4 is 11.9 Å². The second kappa shape index (κ2) is 25.9. The first-order valence-electron chi connectivity index (χ1n) is 14.4. The first-order valence-corrected chi connectivity index (χ1v) is 14.4. The van der Waals surface area contributed by atoms with Crippen LogP contribution < -0.4 is 0 Å². The first-order chi connectivity index (χ1) is 17.1. The van der Waals surface area contributed by atoms with Crippen molar-refractivity contribution in [2.24, 2.45) is 11.8 Å². The predicted molar refractivity (Wildman–Crippen MR) is 142 cm³/mol. The summed E-state index contributed by atoms with van der Waals surface area (Å²) < 4.78 is 21.3. The largest absolute Gasteiger partial charge is 0.466 e. The molecule has 0 aromatic carbocycles. The number of rotatable bonds is 26. The van der Waals surface area contributed by atoms with Crippen LogP contribution in [0.25, 0.3) is 0 Å². The summed E-state index contributed by atoms with van der Waals surface area (Å²) >= 11 is 0. The predicted octanol–water partition coefficient (Wildman–Crippen LogP) is 7.27. The molecule has 0 spiro atoms. The zero-order valence-electron chi connectivity index (χ0n) is 23.5. The summed E-state index contributed by atoms with van der Waals surface area (Å²) in [5.41, 5.74) is 0. The van der Waals surface area contributed by atoms with E-state index in [0.717, 1.165) is 51.7 Å². The Morgan fingerprint density at radius 3 is 1.29 bits per heavy atom. The molecule has 2 unspecified atom stereocenters. The molecule has 0 aliphatic rings. The highest BCUT2D eigenvalue weighted by Crippen LogP contribution is 2.20. The van der Waals surface area contributed by atoms with Gasteiger partial charge < -0.3 is 18.9 Å². The molecule has 0 rings (SSSR count). The van der Waals surface area contributed by atoms with E-state index in [1.54, 1.807) is 14.2 Å². The van der Waals surface area contributed by atoms with E-state index in [-0.39, 0.29) is 24.8 Å². The van der Waals surface area contributed by atoms with Crippen LogP contribution in [0.1, 0.15) is 123 Å². The van der Waals surface area contributed by atoms with Crippen molar-refractivity contribution in [1.29, 1.82) is 0 Å². The summed E-state index contributed by atoms with van der Waals surface area (Å²) in [6.45, 7) is 6.84. The maximum atomic E-state index is 12.1. The van der Waals surface area contributed by atoms with Crippen molar-refractivity contribution < 1.29 is 28.5 Å². The minimum atomic E-state index is -0.221. The maximum Gasteiger partial charge on any atom is 0.305 e. The van der Waals surface area contributed by atoms with E-state index in [1.165, 1.54) is 51.4 Å². The molecule has 0 saturated heterocycles. The summed E-state index contributed by atoms with van der Waals surface area (Å²) in [6, 6.07) is 0. The van der Waals surface area contributed by atoms with Crippen LogP contribution in [0.4, 0.5) is 0 Å². The third-order valence-electron chi connectivity index (χ3n) is 6.73. The summed E-state index contributed by atoms with van der Waals surface area (Å²) in [7, 11) is 3.46. The molecular weight excluding hydrogens is 444 g/mol. The SMILES string of the molecule is CCCCCCC(CCOC)CCOC(=O)CCCC(=O)OCCC(CCCCCC)CCOC. The Bertz CT molecular complexity index is 440. The van der Waals surface area contributed by atoms with Crippen LogP contribution in [0.3, 0.4) is 0 Å². The van der Waals surface area contributed by atoms with Gasteiger partial charge >= 0.3 is 11.9 Å². The lowest BCUT2D eigenvalue weighted by Gasteiger charge is -2.17. The van der Waals surface area contributed by atoms with Gasteiger partial charge in [0.25, 0.3) is 0 Å². The van der Waals surface area contributed by atoms with Gasteiger partial charge in [-0.3, -0.25) is 9.59 Å². The van der Waals surface area contributed by atoms with Crippen molar-refractivity contribution in [2.75, 3.05) is 40.6 Å². The van der Waals surface area contributed by atoms with Crippen LogP contribution >= 0.6 is 0 Å². The minimum Gasteiger partial charge on any atom is -0.466 e. The number of carbonyl (C=O) groups excluding carboxylic acids is 2. The topological polar surface area (TPSA) is 71.1 Å². The Balaban J connectivity index is 3.98. The third kappa shape index (κ3) is 23.0. The highest BCUT2D eigenvalue weighted by molar-refractivity contribution is 5.72. The second-order valence-corrected chi connectivity index (χ2v) is 9.87. The van der Waals surface area contributed by atoms with Crippen molar-refractivity contribution in [3.05, 3.63) is 0 Å². The van der Waals surface area contributed by atoms with Crippen molar-refractivity contribution in [2.45, 2.75) is 123 Å². The smallest absolute Gasteiger partial charge is 0.305 e. The molecule has 0 fully saturated rings. The molecule has 0 N–H and O–H groups in total. The number of esters is 2. The number of ether oxygens (including phenoxy) is 4. The molecule has 0 aliphatic carbocycles. The van der Waals surface area contributed by atoms with Crippen LogP contribution in [-0.4, -0.2) is 52.6 Å². The molecule has 0 amide bonds. The monoisotopic (exact) mass is 500 g/mol. The van der Waals surface area contributed by atoms with Gasteiger partial charge in [-0.25, -0.2) is 0 Å². The van der Waals surface area contributed by atoms with Crippen molar-refractivity contribution in [3.8, 4) is 0 Å². The van der Waals surface area contributed by atoms with Gasteiger partial charge in [-0.2, -0.15) is 0 Å². The van der Waals surface area contributed by atoms with Crippen LogP contribution in [0.5, 0.6) is 0 Å². The molecule has 0 heterocycles. The molecule has 0 aromatic rings. The van der Waals surface area contributed by atoms with E-state index >= 15 is 0 Å². The van der Waals surface area contributed by atoms with Crippen LogP contribution in [0.15, 0.2) is 0 Å². The maximum absolute atomic E-state index is 12.1. The van der Waals surface area contributed by atoms with E-state index in [4.69, 9.17) is 18.9 Å². The molecule has 0 bridgehead atoms. The molecule has 2 atom stereocenters.